The Hall–Kier alpha value is -2.37. The minimum absolute atomic E-state index is 0.270. The van der Waals surface area contributed by atoms with Crippen molar-refractivity contribution >= 4 is 6.08 Å². The van der Waals surface area contributed by atoms with E-state index >= 15 is 0 Å². The zero-order chi connectivity index (χ0) is 11.6. The minimum Gasteiger partial charge on any atom is -0.481 e. The van der Waals surface area contributed by atoms with E-state index in [2.05, 4.69) is 15.9 Å². The molecule has 0 spiro atoms. The predicted octanol–water partition coefficient (Wildman–Crippen LogP) is 3.02. The zero-order valence-corrected chi connectivity index (χ0v) is 8.71. The summed E-state index contributed by atoms with van der Waals surface area (Å²) in [5, 5.41) is 3.39. The van der Waals surface area contributed by atoms with Gasteiger partial charge in [0.2, 0.25) is 0 Å². The molecule has 1 rings (SSSR count). The maximum Gasteiger partial charge on any atom is 0.148 e. The number of nitrogens with zero attached hydrogens (tertiary/aromatic N) is 3. The monoisotopic (exact) mass is 213 g/mol. The van der Waals surface area contributed by atoms with Crippen molar-refractivity contribution < 1.29 is 4.74 Å². The van der Waals surface area contributed by atoms with E-state index in [1.807, 2.05) is 30.3 Å². The second-order valence-corrected chi connectivity index (χ2v) is 2.88. The first-order chi connectivity index (χ1) is 7.86. The van der Waals surface area contributed by atoms with Crippen molar-refractivity contribution in [3.05, 3.63) is 46.3 Å². The summed E-state index contributed by atoms with van der Waals surface area (Å²) in [6.07, 6.45) is 8.74. The lowest BCUT2D eigenvalue weighted by atomic mass is 10.2. The molecule has 0 bridgehead atoms. The van der Waals surface area contributed by atoms with E-state index in [0.29, 0.717) is 6.54 Å². The van der Waals surface area contributed by atoms with Crippen LogP contribution in [0.3, 0.4) is 0 Å². The molecule has 0 aromatic heterocycles. The van der Waals surface area contributed by atoms with Gasteiger partial charge in [0.1, 0.15) is 12.4 Å². The maximum absolute atomic E-state index is 8.07. The van der Waals surface area contributed by atoms with Crippen LogP contribution in [0.1, 0.15) is 5.56 Å². The van der Waals surface area contributed by atoms with Crippen LogP contribution >= 0.6 is 0 Å². The Morgan fingerprint density at radius 2 is 2.19 bits per heavy atom. The number of hydrogen-bond donors (Lipinski definition) is 0. The second kappa shape index (κ2) is 6.99. The molecule has 0 aliphatic carbocycles. The van der Waals surface area contributed by atoms with Crippen molar-refractivity contribution in [3.8, 4) is 18.1 Å². The maximum atomic E-state index is 8.07. The molecular formula is C12H11N3O. The molecule has 0 aliphatic rings. The van der Waals surface area contributed by atoms with Crippen LogP contribution in [-0.2, 0) is 0 Å². The largest absolute Gasteiger partial charge is 0.481 e. The van der Waals surface area contributed by atoms with Crippen LogP contribution in [0.5, 0.6) is 5.75 Å². The normalized spacial score (nSPS) is 9.44. The van der Waals surface area contributed by atoms with Crippen molar-refractivity contribution in [2.45, 2.75) is 0 Å². The first kappa shape index (κ1) is 11.7. The SMILES string of the molecule is C#CCOc1ccc(C=CCN=[N+]=[N-])cc1. The quantitative estimate of drug-likeness (QED) is 0.321. The highest BCUT2D eigenvalue weighted by atomic mass is 16.5. The van der Waals surface area contributed by atoms with Gasteiger partial charge in [-0.25, -0.2) is 0 Å². The number of terminal acetylenes is 1. The highest BCUT2D eigenvalue weighted by molar-refractivity contribution is 5.50. The van der Waals surface area contributed by atoms with Gasteiger partial charge in [-0.15, -0.1) is 6.42 Å². The Balaban J connectivity index is 2.54. The van der Waals surface area contributed by atoms with Crippen molar-refractivity contribution in [3.63, 3.8) is 0 Å². The smallest absolute Gasteiger partial charge is 0.148 e. The summed E-state index contributed by atoms with van der Waals surface area (Å²) in [6, 6.07) is 7.48. The molecule has 0 aliphatic heterocycles. The summed E-state index contributed by atoms with van der Waals surface area (Å²) in [4.78, 5) is 2.65. The highest BCUT2D eigenvalue weighted by Gasteiger charge is 1.91. The topological polar surface area (TPSA) is 58.0 Å². The van der Waals surface area contributed by atoms with E-state index in [1.54, 1.807) is 6.08 Å². The van der Waals surface area contributed by atoms with E-state index in [-0.39, 0.29) is 6.61 Å². The molecule has 0 heterocycles. The van der Waals surface area contributed by atoms with E-state index in [1.165, 1.54) is 0 Å². The fourth-order valence-electron chi connectivity index (χ4n) is 1.07. The first-order valence-electron chi connectivity index (χ1n) is 4.70. The van der Waals surface area contributed by atoms with E-state index in [4.69, 9.17) is 16.7 Å². The average molecular weight is 213 g/mol. The van der Waals surface area contributed by atoms with Crippen LogP contribution in [0.25, 0.3) is 16.5 Å². The Labute approximate surface area is 94.2 Å². The molecular weight excluding hydrogens is 202 g/mol. The second-order valence-electron chi connectivity index (χ2n) is 2.88. The molecule has 0 saturated carbocycles. The molecule has 1 aromatic carbocycles. The third-order valence-corrected chi connectivity index (χ3v) is 1.76. The molecule has 0 saturated heterocycles. The number of hydrogen-bond acceptors (Lipinski definition) is 2. The summed E-state index contributed by atoms with van der Waals surface area (Å²) in [7, 11) is 0. The van der Waals surface area contributed by atoms with Crippen molar-refractivity contribution in [2.75, 3.05) is 13.2 Å². The molecule has 1 aromatic rings. The van der Waals surface area contributed by atoms with E-state index in [0.717, 1.165) is 11.3 Å². The van der Waals surface area contributed by atoms with Gasteiger partial charge in [-0.2, -0.15) is 0 Å². The van der Waals surface area contributed by atoms with Crippen LogP contribution in [0, 0.1) is 12.3 Å². The van der Waals surface area contributed by atoms with Gasteiger partial charge in [-0.1, -0.05) is 35.3 Å². The molecule has 4 heteroatoms. The molecule has 0 N–H and O–H groups in total. The van der Waals surface area contributed by atoms with Gasteiger partial charge in [0.15, 0.2) is 0 Å². The summed E-state index contributed by atoms with van der Waals surface area (Å²) in [6.45, 7) is 0.623. The number of ether oxygens (including phenoxy) is 1. The molecule has 0 atom stereocenters. The van der Waals surface area contributed by atoms with Crippen LogP contribution in [0.15, 0.2) is 35.5 Å². The van der Waals surface area contributed by atoms with Gasteiger partial charge in [-0.3, -0.25) is 0 Å². The third kappa shape index (κ3) is 4.23. The highest BCUT2D eigenvalue weighted by Crippen LogP contribution is 2.12. The van der Waals surface area contributed by atoms with Crippen molar-refractivity contribution in [2.24, 2.45) is 5.11 Å². The standard InChI is InChI=1S/C12H11N3O/c1-2-10-16-12-7-5-11(6-8-12)4-3-9-14-15-13/h1,3-8H,9-10H2. The molecule has 0 fully saturated rings. The van der Waals surface area contributed by atoms with Crippen molar-refractivity contribution in [1.29, 1.82) is 0 Å². The number of azide groups is 1. The van der Waals surface area contributed by atoms with Crippen LogP contribution < -0.4 is 4.74 Å². The lowest BCUT2D eigenvalue weighted by Gasteiger charge is -2.01. The van der Waals surface area contributed by atoms with Crippen molar-refractivity contribution in [1.82, 2.24) is 0 Å². The molecule has 16 heavy (non-hydrogen) atoms. The summed E-state index contributed by atoms with van der Waals surface area (Å²) in [5.41, 5.74) is 9.09. The van der Waals surface area contributed by atoms with Crippen LogP contribution in [-0.4, -0.2) is 13.2 Å². The van der Waals surface area contributed by atoms with E-state index < -0.39 is 0 Å². The van der Waals surface area contributed by atoms with Crippen LogP contribution in [0.4, 0.5) is 0 Å². The van der Waals surface area contributed by atoms with Gasteiger partial charge in [-0.05, 0) is 23.2 Å². The van der Waals surface area contributed by atoms with Gasteiger partial charge in [0.25, 0.3) is 0 Å². The third-order valence-electron chi connectivity index (χ3n) is 1.76. The van der Waals surface area contributed by atoms with E-state index in [9.17, 15) is 0 Å². The number of rotatable bonds is 5. The zero-order valence-electron chi connectivity index (χ0n) is 8.71. The molecule has 0 unspecified atom stereocenters. The Bertz CT molecular complexity index is 436. The lowest BCUT2D eigenvalue weighted by Crippen LogP contribution is -1.92. The van der Waals surface area contributed by atoms with Gasteiger partial charge < -0.3 is 4.74 Å². The Kier molecular flexibility index (Phi) is 5.11. The van der Waals surface area contributed by atoms with Crippen LogP contribution in [0.2, 0.25) is 0 Å². The summed E-state index contributed by atoms with van der Waals surface area (Å²) >= 11 is 0. The molecule has 80 valence electrons. The lowest BCUT2D eigenvalue weighted by molar-refractivity contribution is 0.370. The number of benzene rings is 1. The average Bonchev–Trinajstić information content (AvgIpc) is 2.33. The molecule has 0 amide bonds. The minimum atomic E-state index is 0.270. The van der Waals surface area contributed by atoms with Gasteiger partial charge >= 0.3 is 0 Å². The molecule has 4 nitrogen and oxygen atoms in total. The van der Waals surface area contributed by atoms with Gasteiger partial charge in [0.05, 0.1) is 0 Å². The van der Waals surface area contributed by atoms with Gasteiger partial charge in [0, 0.05) is 11.5 Å². The first-order valence-corrected chi connectivity index (χ1v) is 4.70. The fourth-order valence-corrected chi connectivity index (χ4v) is 1.07. The summed E-state index contributed by atoms with van der Waals surface area (Å²) < 4.78 is 5.23. The Morgan fingerprint density at radius 1 is 1.44 bits per heavy atom. The fraction of sp³-hybridized carbons (Fsp3) is 0.167. The summed E-state index contributed by atoms with van der Waals surface area (Å²) in [5.74, 6) is 3.14. The molecule has 0 radical (unpaired) electrons. The Morgan fingerprint density at radius 3 is 2.81 bits per heavy atom. The predicted molar refractivity (Wildman–Crippen MR) is 63.8 cm³/mol.